The Morgan fingerprint density at radius 3 is 1.63 bits per heavy atom. The zero-order valence-corrected chi connectivity index (χ0v) is 15.0. The largest absolute Gasteiger partial charge is 0.328 e. The molecule has 0 aromatic rings. The molecule has 0 aliphatic carbocycles. The summed E-state index contributed by atoms with van der Waals surface area (Å²) >= 11 is 4.34. The zero-order valence-electron chi connectivity index (χ0n) is 11.6. The molecule has 0 fully saturated rings. The van der Waals surface area contributed by atoms with Gasteiger partial charge in [0.05, 0.1) is 0 Å². The molecule has 19 heavy (non-hydrogen) atoms. The molecule has 0 bridgehead atoms. The quantitative estimate of drug-likeness (QED) is 0.357. The second kappa shape index (κ2) is 10.0. The van der Waals surface area contributed by atoms with Gasteiger partial charge in [0.2, 0.25) is 0 Å². The summed E-state index contributed by atoms with van der Waals surface area (Å²) in [5.74, 6) is 1.29. The average molecular weight is 352 g/mol. The van der Waals surface area contributed by atoms with Crippen molar-refractivity contribution in [2.75, 3.05) is 11.5 Å². The fourth-order valence-electron chi connectivity index (χ4n) is 1.56. The number of rotatable bonds is 10. The van der Waals surface area contributed by atoms with Gasteiger partial charge >= 0.3 is 6.72 Å². The maximum absolute atomic E-state index is 10.0. The van der Waals surface area contributed by atoms with Crippen LogP contribution in [0.4, 0.5) is 0 Å². The van der Waals surface area contributed by atoms with Gasteiger partial charge in [-0.25, -0.2) is 4.31 Å². The van der Waals surface area contributed by atoms with Gasteiger partial charge in [-0.2, -0.15) is 0 Å². The highest BCUT2D eigenvalue weighted by Gasteiger charge is 2.24. The van der Waals surface area contributed by atoms with Gasteiger partial charge in [-0.05, 0) is 36.2 Å². The Balaban J connectivity index is 4.87. The fourth-order valence-corrected chi connectivity index (χ4v) is 9.91. The summed E-state index contributed by atoms with van der Waals surface area (Å²) < 4.78 is 4.62. The van der Waals surface area contributed by atoms with E-state index in [0.717, 1.165) is 38.5 Å². The molecule has 0 amide bonds. The first kappa shape index (κ1) is 20.2. The van der Waals surface area contributed by atoms with E-state index < -0.39 is 23.5 Å². The van der Waals surface area contributed by atoms with Gasteiger partial charge in [0.15, 0.2) is 0 Å². The first-order valence-electron chi connectivity index (χ1n) is 6.52. The second-order valence-electron chi connectivity index (χ2n) is 4.35. The Labute approximate surface area is 123 Å². The molecule has 0 spiro atoms. The van der Waals surface area contributed by atoms with Crippen molar-refractivity contribution in [3.8, 4) is 0 Å². The molecule has 0 rings (SSSR count). The van der Waals surface area contributed by atoms with Crippen molar-refractivity contribution in [3.05, 3.63) is 0 Å². The van der Waals surface area contributed by atoms with Gasteiger partial charge in [-0.3, -0.25) is 0 Å². The molecule has 0 aliphatic heterocycles. The molecule has 0 aliphatic rings. The van der Waals surface area contributed by atoms with Crippen LogP contribution in [0.1, 0.15) is 52.4 Å². The standard InChI is InChI=1S/C10H26O5P2S2/c1-3-5-7-9-19(10-8-6-4-2)17(13,14)15-16(11,12)18/h13-14H,3-10H2,1-2H3,(H2,11,12,18). The fraction of sp³-hybridized carbons (Fsp3) is 1.00. The molecule has 0 saturated heterocycles. The Morgan fingerprint density at radius 1 is 0.895 bits per heavy atom. The van der Waals surface area contributed by atoms with Crippen LogP contribution in [0.25, 0.3) is 0 Å². The first-order chi connectivity index (χ1) is 8.73. The molecule has 5 nitrogen and oxygen atoms in total. The van der Waals surface area contributed by atoms with E-state index in [9.17, 15) is 9.79 Å². The summed E-state index contributed by atoms with van der Waals surface area (Å²) in [4.78, 5) is 38.2. The molecule has 118 valence electrons. The average Bonchev–Trinajstić information content (AvgIpc) is 2.24. The highest BCUT2D eigenvalue weighted by molar-refractivity contribution is 8.29. The van der Waals surface area contributed by atoms with Gasteiger partial charge < -0.3 is 19.6 Å². The van der Waals surface area contributed by atoms with Crippen molar-refractivity contribution < 1.29 is 23.9 Å². The van der Waals surface area contributed by atoms with E-state index in [2.05, 4.69) is 30.0 Å². The summed E-state index contributed by atoms with van der Waals surface area (Å²) in [6.07, 6.45) is 5.91. The lowest BCUT2D eigenvalue weighted by Crippen LogP contribution is -2.07. The summed E-state index contributed by atoms with van der Waals surface area (Å²) in [5.41, 5.74) is 0. The third kappa shape index (κ3) is 10.6. The molecular formula is C10H26O5P2S2. The Bertz CT molecular complexity index is 338. The van der Waals surface area contributed by atoms with Crippen LogP contribution in [0.2, 0.25) is 0 Å². The molecule has 0 heterocycles. The highest BCUT2D eigenvalue weighted by Crippen LogP contribution is 2.57. The van der Waals surface area contributed by atoms with Crippen LogP contribution in [0, 0.1) is 0 Å². The van der Waals surface area contributed by atoms with Crippen molar-refractivity contribution in [2.45, 2.75) is 52.4 Å². The second-order valence-corrected chi connectivity index (χ2v) is 13.1. The van der Waals surface area contributed by atoms with E-state index in [1.807, 2.05) is 0 Å². The Kier molecular flexibility index (Phi) is 10.7. The normalized spacial score (nSPS) is 13.2. The van der Waals surface area contributed by atoms with Crippen LogP contribution in [0.5, 0.6) is 0 Å². The van der Waals surface area contributed by atoms with Gasteiger partial charge in [-0.15, -0.1) is 10.1 Å². The van der Waals surface area contributed by atoms with Crippen LogP contribution >= 0.6 is 13.4 Å². The third-order valence-electron chi connectivity index (χ3n) is 2.52. The Morgan fingerprint density at radius 2 is 1.32 bits per heavy atom. The van der Waals surface area contributed by atoms with Crippen molar-refractivity contribution in [3.63, 3.8) is 0 Å². The van der Waals surface area contributed by atoms with E-state index >= 15 is 0 Å². The van der Waals surface area contributed by atoms with E-state index in [1.165, 1.54) is 0 Å². The number of hydrogen-bond donors (Lipinski definition) is 4. The summed E-state index contributed by atoms with van der Waals surface area (Å²) in [7, 11) is -0.743. The van der Waals surface area contributed by atoms with Crippen LogP contribution in [-0.2, 0) is 26.2 Å². The van der Waals surface area contributed by atoms with Gasteiger partial charge in [0.1, 0.15) is 0 Å². The van der Waals surface area contributed by atoms with Crippen LogP contribution in [0.3, 0.4) is 0 Å². The maximum atomic E-state index is 10.0. The zero-order chi connectivity index (χ0) is 14.9. The molecule has 0 radical (unpaired) electrons. The van der Waals surface area contributed by atoms with E-state index in [0.29, 0.717) is 11.5 Å². The molecule has 0 saturated carbocycles. The lowest BCUT2D eigenvalue weighted by Gasteiger charge is -2.22. The number of unbranched alkanes of at least 4 members (excludes halogenated alkanes) is 4. The molecule has 0 unspecified atom stereocenters. The van der Waals surface area contributed by atoms with Crippen molar-refractivity contribution in [1.82, 2.24) is 0 Å². The SMILES string of the molecule is CCCCCS(CCCCC)=P(O)(O)OP(O)(O)=S. The predicted octanol–water partition coefficient (Wildman–Crippen LogP) is 2.87. The topological polar surface area (TPSA) is 90.2 Å². The van der Waals surface area contributed by atoms with E-state index in [-0.39, 0.29) is 0 Å². The lowest BCUT2D eigenvalue weighted by atomic mass is 10.3. The van der Waals surface area contributed by atoms with Crippen molar-refractivity contribution >= 4 is 35.3 Å². The van der Waals surface area contributed by atoms with E-state index in [4.69, 9.17) is 9.79 Å². The van der Waals surface area contributed by atoms with Gasteiger partial charge in [0, 0.05) is 0 Å². The summed E-state index contributed by atoms with van der Waals surface area (Å²) in [6, 6.07) is 0. The lowest BCUT2D eigenvalue weighted by molar-refractivity contribution is 0.318. The van der Waals surface area contributed by atoms with Crippen LogP contribution < -0.4 is 0 Å². The smallest absolute Gasteiger partial charge is 0.328 e. The minimum atomic E-state index is -4.03. The Hall–Kier alpha value is 1.23. The number of hydrogen-bond acceptors (Lipinski definition) is 2. The van der Waals surface area contributed by atoms with Crippen molar-refractivity contribution in [2.24, 2.45) is 0 Å². The predicted molar refractivity (Wildman–Crippen MR) is 87.3 cm³/mol. The molecule has 9 heteroatoms. The van der Waals surface area contributed by atoms with Gasteiger partial charge in [-0.1, -0.05) is 39.5 Å². The molecule has 0 atom stereocenters. The minimum Gasteiger partial charge on any atom is -0.328 e. The van der Waals surface area contributed by atoms with Gasteiger partial charge in [0.25, 0.3) is 6.72 Å². The molecule has 4 N–H and O–H groups in total. The summed E-state index contributed by atoms with van der Waals surface area (Å²) in [5, 5.41) is 0. The molecule has 0 aromatic carbocycles. The molecular weight excluding hydrogens is 326 g/mol. The van der Waals surface area contributed by atoms with Crippen LogP contribution in [-0.4, -0.2) is 31.1 Å². The van der Waals surface area contributed by atoms with E-state index in [1.54, 1.807) is 0 Å². The monoisotopic (exact) mass is 352 g/mol. The minimum absolute atomic E-state index is 0.646. The highest BCUT2D eigenvalue weighted by atomic mass is 32.5. The maximum Gasteiger partial charge on any atom is 0.328 e. The van der Waals surface area contributed by atoms with Crippen LogP contribution in [0.15, 0.2) is 0 Å². The summed E-state index contributed by atoms with van der Waals surface area (Å²) in [6.45, 7) is -3.66. The molecule has 0 aromatic heterocycles. The third-order valence-corrected chi connectivity index (χ3v) is 10.7. The van der Waals surface area contributed by atoms with Crippen molar-refractivity contribution in [1.29, 1.82) is 0 Å². The first-order valence-corrected chi connectivity index (χ1v) is 12.9.